The van der Waals surface area contributed by atoms with E-state index in [1.807, 2.05) is 19.9 Å². The first-order valence-electron chi connectivity index (χ1n) is 11.2. The van der Waals surface area contributed by atoms with Crippen molar-refractivity contribution in [2.24, 2.45) is 5.73 Å². The number of aldehydes is 1. The van der Waals surface area contributed by atoms with Crippen molar-refractivity contribution in [3.05, 3.63) is 67.4 Å². The Morgan fingerprint density at radius 1 is 1.41 bits per heavy atom. The smallest absolute Gasteiger partial charge is 0.256 e. The topological polar surface area (TPSA) is 86.3 Å². The van der Waals surface area contributed by atoms with Gasteiger partial charge in [-0.25, -0.2) is 4.39 Å². The average Bonchev–Trinajstić information content (AvgIpc) is 3.14. The fourth-order valence-corrected chi connectivity index (χ4v) is 5.70. The maximum Gasteiger partial charge on any atom is 0.256 e. The molecule has 6 nitrogen and oxygen atoms in total. The first-order chi connectivity index (χ1) is 15.4. The van der Waals surface area contributed by atoms with Crippen LogP contribution in [0, 0.1) is 12.7 Å². The molecule has 2 aliphatic heterocycles. The molecule has 3 heterocycles. The molecule has 1 aliphatic carbocycles. The highest BCUT2D eigenvalue weighted by molar-refractivity contribution is 5.89. The molecule has 0 bridgehead atoms. The van der Waals surface area contributed by atoms with Gasteiger partial charge in [0.1, 0.15) is 12.1 Å². The van der Waals surface area contributed by atoms with Gasteiger partial charge >= 0.3 is 0 Å². The lowest BCUT2D eigenvalue weighted by Gasteiger charge is -2.36. The molecule has 3 aliphatic rings. The van der Waals surface area contributed by atoms with Crippen molar-refractivity contribution in [1.82, 2.24) is 4.57 Å². The fraction of sp³-hybridized carbons (Fsp3) is 0.440. The lowest BCUT2D eigenvalue weighted by atomic mass is 9.76. The van der Waals surface area contributed by atoms with Gasteiger partial charge in [-0.3, -0.25) is 4.79 Å². The summed E-state index contributed by atoms with van der Waals surface area (Å²) in [5, 5.41) is 3.49. The maximum absolute atomic E-state index is 14.7. The van der Waals surface area contributed by atoms with Crippen LogP contribution in [0.25, 0.3) is 5.57 Å². The van der Waals surface area contributed by atoms with Crippen LogP contribution in [0.1, 0.15) is 65.2 Å². The second-order valence-electron chi connectivity index (χ2n) is 9.02. The minimum Gasteiger partial charge on any atom is -0.380 e. The van der Waals surface area contributed by atoms with Crippen LogP contribution >= 0.6 is 0 Å². The van der Waals surface area contributed by atoms with Crippen molar-refractivity contribution in [1.29, 1.82) is 0 Å². The number of nitrogens with zero attached hydrogens (tertiary/aromatic N) is 1. The molecule has 32 heavy (non-hydrogen) atoms. The molecule has 3 unspecified atom stereocenters. The SMILES string of the molecule is CCC(C=O)c1cc2n(c(=O)c1COC)CC1=C3c4c(cc(F)c(C)c4CCC3N)NC12. The summed E-state index contributed by atoms with van der Waals surface area (Å²) in [7, 11) is 1.55. The second-order valence-corrected chi connectivity index (χ2v) is 9.02. The van der Waals surface area contributed by atoms with Crippen LogP contribution in [0.15, 0.2) is 22.5 Å². The predicted molar refractivity (Wildman–Crippen MR) is 121 cm³/mol. The Labute approximate surface area is 186 Å². The number of pyridine rings is 1. The standard InChI is InChI=1S/C25H28FN3O3/c1-4-13(10-30)15-7-21-24-16(9-29(21)25(31)17(15)11-32-3)22-19(27)6-5-14-12(2)18(26)8-20(28-24)23(14)22/h7-8,10,13,19,24,28H,4-6,9,11,27H2,1-3H3. The average molecular weight is 438 g/mol. The molecule has 5 rings (SSSR count). The maximum atomic E-state index is 14.7. The summed E-state index contributed by atoms with van der Waals surface area (Å²) in [6, 6.07) is 3.06. The Morgan fingerprint density at radius 2 is 2.19 bits per heavy atom. The summed E-state index contributed by atoms with van der Waals surface area (Å²) in [5.74, 6) is -0.613. The normalized spacial score (nSPS) is 21.5. The number of ether oxygens (including phenoxy) is 1. The van der Waals surface area contributed by atoms with Crippen molar-refractivity contribution in [3.63, 3.8) is 0 Å². The summed E-state index contributed by atoms with van der Waals surface area (Å²) in [4.78, 5) is 25.3. The fourth-order valence-electron chi connectivity index (χ4n) is 5.70. The highest BCUT2D eigenvalue weighted by atomic mass is 19.1. The molecule has 7 heteroatoms. The van der Waals surface area contributed by atoms with Gasteiger partial charge in [0.15, 0.2) is 0 Å². The van der Waals surface area contributed by atoms with Gasteiger partial charge in [-0.1, -0.05) is 6.92 Å². The summed E-state index contributed by atoms with van der Waals surface area (Å²) in [6.45, 7) is 4.32. The van der Waals surface area contributed by atoms with Crippen molar-refractivity contribution >= 4 is 17.5 Å². The van der Waals surface area contributed by atoms with E-state index in [2.05, 4.69) is 5.32 Å². The van der Waals surface area contributed by atoms with Crippen LogP contribution in [0.3, 0.4) is 0 Å². The number of nitrogens with one attached hydrogen (secondary N) is 1. The minimum absolute atomic E-state index is 0.139. The van der Waals surface area contributed by atoms with Crippen LogP contribution < -0.4 is 16.6 Å². The number of fused-ring (bicyclic) bond motifs is 3. The molecule has 3 atom stereocenters. The highest BCUT2D eigenvalue weighted by Gasteiger charge is 2.41. The van der Waals surface area contributed by atoms with Gasteiger partial charge in [-0.15, -0.1) is 0 Å². The van der Waals surface area contributed by atoms with Crippen LogP contribution in [0.5, 0.6) is 0 Å². The highest BCUT2D eigenvalue weighted by Crippen LogP contribution is 2.50. The van der Waals surface area contributed by atoms with E-state index < -0.39 is 0 Å². The summed E-state index contributed by atoms with van der Waals surface area (Å²) in [5.41, 5.74) is 14.0. The van der Waals surface area contributed by atoms with Crippen molar-refractivity contribution in [3.8, 4) is 0 Å². The van der Waals surface area contributed by atoms with E-state index in [9.17, 15) is 14.0 Å². The van der Waals surface area contributed by atoms with E-state index in [1.165, 1.54) is 0 Å². The summed E-state index contributed by atoms with van der Waals surface area (Å²) < 4.78 is 21.8. The lowest BCUT2D eigenvalue weighted by Crippen LogP contribution is -2.33. The molecule has 1 aromatic carbocycles. The van der Waals surface area contributed by atoms with E-state index in [0.29, 0.717) is 29.7 Å². The molecule has 3 N–H and O–H groups in total. The van der Waals surface area contributed by atoms with Gasteiger partial charge < -0.3 is 25.1 Å². The third-order valence-electron chi connectivity index (χ3n) is 7.38. The van der Waals surface area contributed by atoms with E-state index in [1.54, 1.807) is 17.7 Å². The number of halogens is 1. The second kappa shape index (κ2) is 7.67. The van der Waals surface area contributed by atoms with Crippen LogP contribution in [0.2, 0.25) is 0 Å². The molecule has 2 aromatic rings. The largest absolute Gasteiger partial charge is 0.380 e. The molecule has 168 valence electrons. The zero-order valence-electron chi connectivity index (χ0n) is 18.6. The molecule has 1 aromatic heterocycles. The Kier molecular flexibility index (Phi) is 5.06. The van der Waals surface area contributed by atoms with Gasteiger partial charge in [-0.2, -0.15) is 0 Å². The number of hydrogen-bond donors (Lipinski definition) is 2. The molecule has 0 fully saturated rings. The molecule has 0 saturated carbocycles. The Hall–Kier alpha value is -2.77. The molecule has 0 radical (unpaired) electrons. The third-order valence-corrected chi connectivity index (χ3v) is 7.38. The molecule has 0 spiro atoms. The van der Waals surface area contributed by atoms with Gasteiger partial charge in [0.05, 0.1) is 12.6 Å². The van der Waals surface area contributed by atoms with E-state index >= 15 is 0 Å². The minimum atomic E-state index is -0.380. The number of rotatable bonds is 5. The Bertz CT molecular complexity index is 1230. The number of hydrogen-bond acceptors (Lipinski definition) is 5. The van der Waals surface area contributed by atoms with E-state index in [-0.39, 0.29) is 36.0 Å². The molecular weight excluding hydrogens is 409 g/mol. The number of carbonyl (C=O) groups excluding carboxylic acids is 1. The van der Waals surface area contributed by atoms with Gasteiger partial charge in [0, 0.05) is 48.1 Å². The Balaban J connectivity index is 1.76. The van der Waals surface area contributed by atoms with Crippen LogP contribution in [0.4, 0.5) is 10.1 Å². The van der Waals surface area contributed by atoms with E-state index in [0.717, 1.165) is 52.8 Å². The van der Waals surface area contributed by atoms with Crippen molar-refractivity contribution in [2.75, 3.05) is 12.4 Å². The number of carbonyl (C=O) groups is 1. The van der Waals surface area contributed by atoms with Gasteiger partial charge in [0.25, 0.3) is 5.56 Å². The van der Waals surface area contributed by atoms with Gasteiger partial charge in [-0.05, 0) is 66.2 Å². The quantitative estimate of drug-likeness (QED) is 0.701. The number of aromatic nitrogens is 1. The van der Waals surface area contributed by atoms with Crippen LogP contribution in [-0.2, 0) is 29.1 Å². The van der Waals surface area contributed by atoms with Crippen molar-refractivity contribution in [2.45, 2.75) is 64.3 Å². The van der Waals surface area contributed by atoms with E-state index in [4.69, 9.17) is 10.5 Å². The molecular formula is C25H28FN3O3. The predicted octanol–water partition coefficient (Wildman–Crippen LogP) is 3.34. The Morgan fingerprint density at radius 3 is 2.88 bits per heavy atom. The monoisotopic (exact) mass is 437 g/mol. The molecule has 0 saturated heterocycles. The zero-order valence-corrected chi connectivity index (χ0v) is 18.6. The number of anilines is 1. The molecule has 0 amide bonds. The van der Waals surface area contributed by atoms with Gasteiger partial charge in [0.2, 0.25) is 0 Å². The summed E-state index contributed by atoms with van der Waals surface area (Å²) in [6.07, 6.45) is 2.97. The number of methoxy groups -OCH3 is 1. The number of nitrogens with two attached hydrogens (primary N) is 1. The van der Waals surface area contributed by atoms with Crippen LogP contribution in [-0.4, -0.2) is 24.0 Å². The first kappa shape index (κ1) is 21.1. The van der Waals surface area contributed by atoms with Crippen molar-refractivity contribution < 1.29 is 13.9 Å². The third kappa shape index (κ3) is 2.84. The summed E-state index contributed by atoms with van der Waals surface area (Å²) >= 11 is 0. The first-order valence-corrected chi connectivity index (χ1v) is 11.2. The lowest BCUT2D eigenvalue weighted by molar-refractivity contribution is -0.109. The zero-order chi connectivity index (χ0) is 22.7. The number of benzene rings is 1.